The molecule has 2 heterocycles. The first kappa shape index (κ1) is 16.3. The molecule has 2 rings (SSSR count). The number of carbonyl (C=O) groups excluding carboxylic acids is 1. The van der Waals surface area contributed by atoms with Crippen LogP contribution in [0.25, 0.3) is 0 Å². The van der Waals surface area contributed by atoms with Gasteiger partial charge in [0.2, 0.25) is 11.8 Å². The second-order valence-electron chi connectivity index (χ2n) is 5.33. The Morgan fingerprint density at radius 1 is 1.48 bits per heavy atom. The third-order valence-corrected chi connectivity index (χ3v) is 4.63. The summed E-state index contributed by atoms with van der Waals surface area (Å²) in [7, 11) is 0. The molecule has 1 aliphatic heterocycles. The molecule has 0 unspecified atom stereocenters. The standard InChI is InChI=1S/C14H24N4O2S/c1-3-12(18-6-4-5-7-18)8-15-14(19)10-21-9-13-16-11(2)20-17-13/h12H,3-10H2,1-2H3,(H,15,19)/t12-/m0/s1. The van der Waals surface area contributed by atoms with Crippen molar-refractivity contribution in [2.24, 2.45) is 0 Å². The zero-order valence-corrected chi connectivity index (χ0v) is 13.6. The van der Waals surface area contributed by atoms with Crippen LogP contribution in [0, 0.1) is 6.92 Å². The summed E-state index contributed by atoms with van der Waals surface area (Å²) < 4.78 is 4.89. The van der Waals surface area contributed by atoms with Gasteiger partial charge in [-0.2, -0.15) is 4.98 Å². The predicted octanol–water partition coefficient (Wildman–Crippen LogP) is 1.60. The van der Waals surface area contributed by atoms with Crippen LogP contribution in [-0.4, -0.2) is 52.4 Å². The molecule has 0 radical (unpaired) electrons. The van der Waals surface area contributed by atoms with Crippen LogP contribution in [0.5, 0.6) is 0 Å². The lowest BCUT2D eigenvalue weighted by molar-refractivity contribution is -0.118. The summed E-state index contributed by atoms with van der Waals surface area (Å²) in [5.41, 5.74) is 0. The van der Waals surface area contributed by atoms with Crippen molar-refractivity contribution in [2.75, 3.05) is 25.4 Å². The van der Waals surface area contributed by atoms with Crippen molar-refractivity contribution in [3.8, 4) is 0 Å². The number of nitrogens with one attached hydrogen (secondary N) is 1. The molecule has 0 bridgehead atoms. The second-order valence-corrected chi connectivity index (χ2v) is 6.32. The first-order chi connectivity index (χ1) is 10.2. The highest BCUT2D eigenvalue weighted by Gasteiger charge is 2.20. The van der Waals surface area contributed by atoms with Gasteiger partial charge in [0.15, 0.2) is 5.82 Å². The molecule has 1 saturated heterocycles. The molecule has 21 heavy (non-hydrogen) atoms. The Kier molecular flexibility index (Phi) is 6.50. The van der Waals surface area contributed by atoms with Crippen LogP contribution >= 0.6 is 11.8 Å². The maximum Gasteiger partial charge on any atom is 0.230 e. The summed E-state index contributed by atoms with van der Waals surface area (Å²) >= 11 is 1.51. The van der Waals surface area contributed by atoms with Gasteiger partial charge in [-0.1, -0.05) is 12.1 Å². The molecule has 0 saturated carbocycles. The molecular formula is C14H24N4O2S. The second kappa shape index (κ2) is 8.38. The molecule has 1 aromatic rings. The minimum atomic E-state index is 0.0814. The monoisotopic (exact) mass is 312 g/mol. The van der Waals surface area contributed by atoms with Crippen molar-refractivity contribution in [1.82, 2.24) is 20.4 Å². The Hall–Kier alpha value is -1.08. The summed E-state index contributed by atoms with van der Waals surface area (Å²) in [5, 5.41) is 6.84. The van der Waals surface area contributed by atoms with Gasteiger partial charge in [-0.05, 0) is 32.4 Å². The van der Waals surface area contributed by atoms with Gasteiger partial charge >= 0.3 is 0 Å². The third kappa shape index (κ3) is 5.32. The van der Waals surface area contributed by atoms with E-state index < -0.39 is 0 Å². The minimum Gasteiger partial charge on any atom is -0.354 e. The number of carbonyl (C=O) groups is 1. The minimum absolute atomic E-state index is 0.0814. The molecular weight excluding hydrogens is 288 g/mol. The quantitative estimate of drug-likeness (QED) is 0.786. The average molecular weight is 312 g/mol. The zero-order chi connectivity index (χ0) is 15.1. The van der Waals surface area contributed by atoms with E-state index in [-0.39, 0.29) is 5.91 Å². The summed E-state index contributed by atoms with van der Waals surface area (Å²) in [6, 6.07) is 0.473. The topological polar surface area (TPSA) is 71.3 Å². The van der Waals surface area contributed by atoms with E-state index >= 15 is 0 Å². The van der Waals surface area contributed by atoms with Gasteiger partial charge in [0.05, 0.1) is 11.5 Å². The van der Waals surface area contributed by atoms with Crippen LogP contribution in [0.3, 0.4) is 0 Å². The molecule has 0 aromatic carbocycles. The molecule has 6 nitrogen and oxygen atoms in total. The molecule has 1 aromatic heterocycles. The van der Waals surface area contributed by atoms with Crippen LogP contribution in [0.15, 0.2) is 4.52 Å². The summed E-state index contributed by atoms with van der Waals surface area (Å²) in [6.07, 6.45) is 3.64. The van der Waals surface area contributed by atoms with Gasteiger partial charge in [0, 0.05) is 19.5 Å². The molecule has 0 aliphatic carbocycles. The number of nitrogens with zero attached hydrogens (tertiary/aromatic N) is 3. The van der Waals surface area contributed by atoms with E-state index in [1.165, 1.54) is 37.7 Å². The van der Waals surface area contributed by atoms with E-state index in [4.69, 9.17) is 4.52 Å². The lowest BCUT2D eigenvalue weighted by atomic mass is 10.2. The first-order valence-electron chi connectivity index (χ1n) is 7.56. The first-order valence-corrected chi connectivity index (χ1v) is 8.72. The Balaban J connectivity index is 1.62. The molecule has 1 amide bonds. The lowest BCUT2D eigenvalue weighted by Crippen LogP contribution is -2.42. The van der Waals surface area contributed by atoms with Crippen molar-refractivity contribution < 1.29 is 9.32 Å². The summed E-state index contributed by atoms with van der Waals surface area (Å²) in [5.74, 6) is 2.33. The fourth-order valence-corrected chi connectivity index (χ4v) is 3.25. The van der Waals surface area contributed by atoms with E-state index in [1.807, 2.05) is 0 Å². The fourth-order valence-electron chi connectivity index (χ4n) is 2.56. The van der Waals surface area contributed by atoms with Crippen LogP contribution in [0.4, 0.5) is 0 Å². The SMILES string of the molecule is CC[C@@H](CNC(=O)CSCc1noc(C)n1)N1CCCC1. The van der Waals surface area contributed by atoms with Crippen molar-refractivity contribution in [3.63, 3.8) is 0 Å². The van der Waals surface area contributed by atoms with Crippen molar-refractivity contribution in [2.45, 2.75) is 44.9 Å². The smallest absolute Gasteiger partial charge is 0.230 e. The largest absolute Gasteiger partial charge is 0.354 e. The highest BCUT2D eigenvalue weighted by atomic mass is 32.2. The van der Waals surface area contributed by atoms with Crippen LogP contribution in [0.1, 0.15) is 37.9 Å². The Labute approximate surface area is 130 Å². The van der Waals surface area contributed by atoms with E-state index in [2.05, 4.69) is 27.3 Å². The number of rotatable bonds is 8. The van der Waals surface area contributed by atoms with E-state index in [0.29, 0.717) is 29.3 Å². The van der Waals surface area contributed by atoms with Gasteiger partial charge in [-0.15, -0.1) is 11.8 Å². The highest BCUT2D eigenvalue weighted by Crippen LogP contribution is 2.13. The predicted molar refractivity (Wildman–Crippen MR) is 83.1 cm³/mol. The Morgan fingerprint density at radius 3 is 2.86 bits per heavy atom. The lowest BCUT2D eigenvalue weighted by Gasteiger charge is -2.26. The molecule has 1 fully saturated rings. The van der Waals surface area contributed by atoms with Gasteiger partial charge in [0.25, 0.3) is 0 Å². The molecule has 0 spiro atoms. The van der Waals surface area contributed by atoms with Crippen LogP contribution in [-0.2, 0) is 10.5 Å². The van der Waals surface area contributed by atoms with Crippen LogP contribution < -0.4 is 5.32 Å². The van der Waals surface area contributed by atoms with Crippen molar-refractivity contribution in [3.05, 3.63) is 11.7 Å². The Morgan fingerprint density at radius 2 is 2.24 bits per heavy atom. The molecule has 1 atom stereocenters. The number of hydrogen-bond acceptors (Lipinski definition) is 6. The number of amides is 1. The summed E-state index contributed by atoms with van der Waals surface area (Å²) in [4.78, 5) is 18.5. The van der Waals surface area contributed by atoms with E-state index in [0.717, 1.165) is 13.0 Å². The molecule has 1 N–H and O–H groups in total. The fraction of sp³-hybridized carbons (Fsp3) is 0.786. The average Bonchev–Trinajstić information content (AvgIpc) is 3.12. The summed E-state index contributed by atoms with van der Waals surface area (Å²) in [6.45, 7) is 7.03. The molecule has 7 heteroatoms. The van der Waals surface area contributed by atoms with Gasteiger partial charge in [-0.25, -0.2) is 0 Å². The number of aryl methyl sites for hydroxylation is 1. The molecule has 1 aliphatic rings. The third-order valence-electron chi connectivity index (χ3n) is 3.70. The number of aromatic nitrogens is 2. The van der Waals surface area contributed by atoms with Gasteiger partial charge in [-0.3, -0.25) is 9.69 Å². The normalized spacial score (nSPS) is 17.0. The van der Waals surface area contributed by atoms with Crippen molar-refractivity contribution in [1.29, 1.82) is 0 Å². The highest BCUT2D eigenvalue weighted by molar-refractivity contribution is 7.99. The van der Waals surface area contributed by atoms with Gasteiger partial charge in [0.1, 0.15) is 0 Å². The van der Waals surface area contributed by atoms with E-state index in [9.17, 15) is 4.79 Å². The maximum absolute atomic E-state index is 11.9. The van der Waals surface area contributed by atoms with Gasteiger partial charge < -0.3 is 9.84 Å². The number of likely N-dealkylation sites (tertiary alicyclic amines) is 1. The zero-order valence-electron chi connectivity index (χ0n) is 12.8. The Bertz CT molecular complexity index is 446. The number of hydrogen-bond donors (Lipinski definition) is 1. The molecule has 118 valence electrons. The van der Waals surface area contributed by atoms with Crippen molar-refractivity contribution >= 4 is 17.7 Å². The van der Waals surface area contributed by atoms with Crippen LogP contribution in [0.2, 0.25) is 0 Å². The van der Waals surface area contributed by atoms with E-state index in [1.54, 1.807) is 6.92 Å². The maximum atomic E-state index is 11.9. The number of thioether (sulfide) groups is 1.